The van der Waals surface area contributed by atoms with Crippen molar-refractivity contribution in [3.05, 3.63) is 35.9 Å². The maximum Gasteiger partial charge on any atom is 0.308 e. The SMILES string of the molecule is C=CCc1c(CCC)ccc(OC(C)O)c1OC(C)=O. The van der Waals surface area contributed by atoms with Crippen LogP contribution in [-0.2, 0) is 17.6 Å². The number of hydrogen-bond acceptors (Lipinski definition) is 4. The molecular weight excluding hydrogens is 256 g/mol. The van der Waals surface area contributed by atoms with Gasteiger partial charge in [-0.1, -0.05) is 25.5 Å². The highest BCUT2D eigenvalue weighted by Gasteiger charge is 2.17. The average molecular weight is 278 g/mol. The number of aryl methyl sites for hydroxylation is 1. The van der Waals surface area contributed by atoms with Gasteiger partial charge < -0.3 is 14.6 Å². The van der Waals surface area contributed by atoms with Crippen LogP contribution in [0.15, 0.2) is 24.8 Å². The fourth-order valence-corrected chi connectivity index (χ4v) is 2.05. The lowest BCUT2D eigenvalue weighted by Gasteiger charge is -2.18. The van der Waals surface area contributed by atoms with Gasteiger partial charge in [-0.2, -0.15) is 0 Å². The zero-order valence-corrected chi connectivity index (χ0v) is 12.3. The standard InChI is InChI=1S/C16H22O4/c1-5-7-13-9-10-15(19-11(3)17)16(20-12(4)18)14(13)8-6-2/h6,9-11,17H,2,5,7-8H2,1,3-4H3. The van der Waals surface area contributed by atoms with Crippen LogP contribution in [0.25, 0.3) is 0 Å². The molecule has 0 saturated carbocycles. The maximum absolute atomic E-state index is 11.3. The molecule has 20 heavy (non-hydrogen) atoms. The van der Waals surface area contributed by atoms with Crippen LogP contribution >= 0.6 is 0 Å². The van der Waals surface area contributed by atoms with Crippen LogP contribution in [0.3, 0.4) is 0 Å². The summed E-state index contributed by atoms with van der Waals surface area (Å²) >= 11 is 0. The fourth-order valence-electron chi connectivity index (χ4n) is 2.05. The molecule has 110 valence electrons. The molecule has 1 atom stereocenters. The summed E-state index contributed by atoms with van der Waals surface area (Å²) in [4.78, 5) is 11.3. The van der Waals surface area contributed by atoms with Crippen molar-refractivity contribution in [2.75, 3.05) is 0 Å². The Morgan fingerprint density at radius 2 is 2.20 bits per heavy atom. The summed E-state index contributed by atoms with van der Waals surface area (Å²) in [5.74, 6) is 0.329. The minimum Gasteiger partial charge on any atom is -0.462 e. The number of rotatable bonds is 7. The van der Waals surface area contributed by atoms with Gasteiger partial charge in [0.1, 0.15) is 0 Å². The van der Waals surface area contributed by atoms with E-state index in [0.717, 1.165) is 24.0 Å². The Bertz CT molecular complexity index is 478. The van der Waals surface area contributed by atoms with Crippen LogP contribution in [0, 0.1) is 0 Å². The maximum atomic E-state index is 11.3. The van der Waals surface area contributed by atoms with Crippen molar-refractivity contribution in [1.29, 1.82) is 0 Å². The summed E-state index contributed by atoms with van der Waals surface area (Å²) in [7, 11) is 0. The molecule has 0 aromatic heterocycles. The minimum absolute atomic E-state index is 0.368. The van der Waals surface area contributed by atoms with Crippen LogP contribution in [0.1, 0.15) is 38.3 Å². The zero-order valence-electron chi connectivity index (χ0n) is 12.3. The van der Waals surface area contributed by atoms with E-state index in [4.69, 9.17) is 9.47 Å². The zero-order chi connectivity index (χ0) is 15.1. The molecule has 0 aliphatic heterocycles. The smallest absolute Gasteiger partial charge is 0.308 e. The second-order valence-electron chi connectivity index (χ2n) is 4.58. The van der Waals surface area contributed by atoms with Gasteiger partial charge in [-0.3, -0.25) is 4.79 Å². The van der Waals surface area contributed by atoms with Crippen LogP contribution in [-0.4, -0.2) is 17.4 Å². The van der Waals surface area contributed by atoms with Crippen molar-refractivity contribution >= 4 is 5.97 Å². The predicted octanol–water partition coefficient (Wildman–Crippen LogP) is 3.01. The van der Waals surface area contributed by atoms with E-state index in [9.17, 15) is 9.90 Å². The first-order valence-corrected chi connectivity index (χ1v) is 6.78. The molecule has 1 aromatic carbocycles. The van der Waals surface area contributed by atoms with E-state index in [1.807, 2.05) is 6.07 Å². The molecule has 1 unspecified atom stereocenters. The molecule has 0 aliphatic rings. The van der Waals surface area contributed by atoms with E-state index in [-0.39, 0.29) is 0 Å². The Labute approximate surface area is 120 Å². The van der Waals surface area contributed by atoms with Crippen LogP contribution in [0.4, 0.5) is 0 Å². The van der Waals surface area contributed by atoms with E-state index in [1.165, 1.54) is 13.8 Å². The van der Waals surface area contributed by atoms with Crippen molar-refractivity contribution in [2.24, 2.45) is 0 Å². The minimum atomic E-state index is -0.974. The van der Waals surface area contributed by atoms with Crippen molar-refractivity contribution in [3.8, 4) is 11.5 Å². The van der Waals surface area contributed by atoms with Crippen molar-refractivity contribution in [3.63, 3.8) is 0 Å². The molecule has 0 spiro atoms. The molecular formula is C16H22O4. The highest BCUT2D eigenvalue weighted by Crippen LogP contribution is 2.35. The summed E-state index contributed by atoms with van der Waals surface area (Å²) < 4.78 is 10.6. The van der Waals surface area contributed by atoms with Gasteiger partial charge in [0.15, 0.2) is 17.8 Å². The van der Waals surface area contributed by atoms with Crippen molar-refractivity contribution in [2.45, 2.75) is 46.3 Å². The Morgan fingerprint density at radius 3 is 2.70 bits per heavy atom. The van der Waals surface area contributed by atoms with Crippen LogP contribution in [0.2, 0.25) is 0 Å². The van der Waals surface area contributed by atoms with Crippen molar-refractivity contribution in [1.82, 2.24) is 0 Å². The molecule has 1 aromatic rings. The first-order chi connectivity index (χ1) is 9.49. The monoisotopic (exact) mass is 278 g/mol. The lowest BCUT2D eigenvalue weighted by molar-refractivity contribution is -0.132. The third kappa shape index (κ3) is 4.38. The number of aliphatic hydroxyl groups excluding tert-OH is 1. The summed E-state index contributed by atoms with van der Waals surface area (Å²) in [6, 6.07) is 3.66. The van der Waals surface area contributed by atoms with E-state index in [0.29, 0.717) is 17.9 Å². The lowest BCUT2D eigenvalue weighted by Crippen LogP contribution is -2.13. The third-order valence-corrected chi connectivity index (χ3v) is 2.73. The summed E-state index contributed by atoms with van der Waals surface area (Å²) in [6.45, 7) is 8.67. The number of aliphatic hydroxyl groups is 1. The molecule has 0 fully saturated rings. The molecule has 0 amide bonds. The Balaban J connectivity index is 3.34. The van der Waals surface area contributed by atoms with Crippen LogP contribution in [0.5, 0.6) is 11.5 Å². The largest absolute Gasteiger partial charge is 0.462 e. The summed E-state index contributed by atoms with van der Waals surface area (Å²) in [5.41, 5.74) is 1.98. The molecule has 0 aliphatic carbocycles. The predicted molar refractivity (Wildman–Crippen MR) is 78.0 cm³/mol. The fraction of sp³-hybridized carbons (Fsp3) is 0.438. The highest BCUT2D eigenvalue weighted by molar-refractivity contribution is 5.71. The first kappa shape index (κ1) is 16.2. The topological polar surface area (TPSA) is 55.8 Å². The van der Waals surface area contributed by atoms with Crippen LogP contribution < -0.4 is 9.47 Å². The van der Waals surface area contributed by atoms with Crippen molar-refractivity contribution < 1.29 is 19.4 Å². The Kier molecular flexibility index (Phi) is 6.25. The summed E-state index contributed by atoms with van der Waals surface area (Å²) in [6.07, 6.45) is 3.23. The normalized spacial score (nSPS) is 11.8. The average Bonchev–Trinajstić information content (AvgIpc) is 2.35. The lowest BCUT2D eigenvalue weighted by atomic mass is 9.99. The van der Waals surface area contributed by atoms with E-state index in [2.05, 4.69) is 13.5 Å². The Morgan fingerprint density at radius 1 is 1.50 bits per heavy atom. The number of esters is 1. The van der Waals surface area contributed by atoms with Gasteiger partial charge in [0.05, 0.1) is 0 Å². The number of allylic oxidation sites excluding steroid dienone is 1. The quantitative estimate of drug-likeness (QED) is 0.360. The second kappa shape index (κ2) is 7.70. The highest BCUT2D eigenvalue weighted by atomic mass is 16.6. The molecule has 0 heterocycles. The molecule has 1 N–H and O–H groups in total. The van der Waals surface area contributed by atoms with Gasteiger partial charge in [0.25, 0.3) is 0 Å². The second-order valence-corrected chi connectivity index (χ2v) is 4.58. The number of carbonyl (C=O) groups is 1. The number of ether oxygens (including phenoxy) is 2. The van der Waals surface area contributed by atoms with E-state index >= 15 is 0 Å². The van der Waals surface area contributed by atoms with Gasteiger partial charge in [-0.05, 0) is 31.4 Å². The molecule has 0 bridgehead atoms. The molecule has 1 rings (SSSR count). The molecule has 0 radical (unpaired) electrons. The molecule has 4 nitrogen and oxygen atoms in total. The van der Waals surface area contributed by atoms with Gasteiger partial charge in [-0.15, -0.1) is 6.58 Å². The molecule has 4 heteroatoms. The number of hydrogen-bond donors (Lipinski definition) is 1. The van der Waals surface area contributed by atoms with Gasteiger partial charge in [0, 0.05) is 12.5 Å². The van der Waals surface area contributed by atoms with E-state index < -0.39 is 12.3 Å². The number of benzene rings is 1. The van der Waals surface area contributed by atoms with E-state index in [1.54, 1.807) is 12.1 Å². The first-order valence-electron chi connectivity index (χ1n) is 6.78. The van der Waals surface area contributed by atoms with Gasteiger partial charge >= 0.3 is 5.97 Å². The third-order valence-electron chi connectivity index (χ3n) is 2.73. The summed E-state index contributed by atoms with van der Waals surface area (Å²) in [5, 5.41) is 9.37. The Hall–Kier alpha value is -1.81. The van der Waals surface area contributed by atoms with Gasteiger partial charge in [0.2, 0.25) is 0 Å². The molecule has 0 saturated heterocycles. The van der Waals surface area contributed by atoms with Gasteiger partial charge in [-0.25, -0.2) is 0 Å². The number of carbonyl (C=O) groups excluding carboxylic acids is 1.